The molecule has 1 aliphatic heterocycles. The van der Waals surface area contributed by atoms with Crippen LogP contribution in [0.25, 0.3) is 17.2 Å². The zero-order valence-electron chi connectivity index (χ0n) is 21.2. The second-order valence-corrected chi connectivity index (χ2v) is 10.6. The van der Waals surface area contributed by atoms with Crippen LogP contribution in [0.5, 0.6) is 0 Å². The molecule has 5 rings (SSSR count). The van der Waals surface area contributed by atoms with Gasteiger partial charge in [-0.1, -0.05) is 24.3 Å². The van der Waals surface area contributed by atoms with Crippen LogP contribution in [0.4, 0.5) is 9.18 Å². The van der Waals surface area contributed by atoms with Gasteiger partial charge in [-0.05, 0) is 87.1 Å². The number of hydrogen-bond acceptors (Lipinski definition) is 6. The highest BCUT2D eigenvalue weighted by molar-refractivity contribution is 5.84. The molecule has 2 aliphatic carbocycles. The van der Waals surface area contributed by atoms with Crippen molar-refractivity contribution in [1.29, 1.82) is 0 Å². The smallest absolute Gasteiger partial charge is 0.407 e. The number of carbonyl (C=O) groups excluding carboxylic acids is 2. The molecule has 7 atom stereocenters. The van der Waals surface area contributed by atoms with Crippen LogP contribution in [0.2, 0.25) is 0 Å². The zero-order chi connectivity index (χ0) is 26.2. The molecule has 1 amide bonds. The van der Waals surface area contributed by atoms with Crippen molar-refractivity contribution in [3.63, 3.8) is 0 Å². The molecule has 0 spiro atoms. The van der Waals surface area contributed by atoms with E-state index in [0.29, 0.717) is 18.9 Å². The van der Waals surface area contributed by atoms with Crippen LogP contribution in [0, 0.1) is 29.5 Å². The highest BCUT2D eigenvalue weighted by atomic mass is 19.1. The van der Waals surface area contributed by atoms with Gasteiger partial charge in [0.25, 0.3) is 0 Å². The predicted molar refractivity (Wildman–Crippen MR) is 138 cm³/mol. The second kappa shape index (κ2) is 10.2. The summed E-state index contributed by atoms with van der Waals surface area (Å²) in [5.74, 6) is -0.204. The van der Waals surface area contributed by atoms with Crippen LogP contribution in [0.3, 0.4) is 0 Å². The number of nitrogens with one attached hydrogen (secondary N) is 1. The molecule has 2 aromatic rings. The summed E-state index contributed by atoms with van der Waals surface area (Å²) in [5, 5.41) is 2.97. The third-order valence-electron chi connectivity index (χ3n) is 8.35. The molecule has 0 unspecified atom stereocenters. The van der Waals surface area contributed by atoms with E-state index in [1.54, 1.807) is 19.2 Å². The lowest BCUT2D eigenvalue weighted by atomic mass is 9.54. The van der Waals surface area contributed by atoms with Gasteiger partial charge in [-0.2, -0.15) is 0 Å². The molecule has 3 aliphatic rings. The molecule has 196 valence electrons. The van der Waals surface area contributed by atoms with Crippen molar-refractivity contribution in [3.05, 3.63) is 60.2 Å². The fourth-order valence-electron chi connectivity index (χ4n) is 6.80. The number of allylic oxidation sites excluding steroid dienone is 1. The lowest BCUT2D eigenvalue weighted by molar-refractivity contribution is -0.145. The van der Waals surface area contributed by atoms with Crippen molar-refractivity contribution in [2.75, 3.05) is 6.61 Å². The fourth-order valence-corrected chi connectivity index (χ4v) is 6.80. The first kappa shape index (κ1) is 25.4. The van der Waals surface area contributed by atoms with E-state index >= 15 is 0 Å². The van der Waals surface area contributed by atoms with Gasteiger partial charge in [-0.25, -0.2) is 9.18 Å². The van der Waals surface area contributed by atoms with E-state index < -0.39 is 11.6 Å². The summed E-state index contributed by atoms with van der Waals surface area (Å²) in [7, 11) is 0. The molecule has 0 bridgehead atoms. The number of pyridine rings is 1. The van der Waals surface area contributed by atoms with Crippen molar-refractivity contribution in [1.82, 2.24) is 10.3 Å². The molecule has 1 aromatic carbocycles. The molecule has 8 heteroatoms. The quantitative estimate of drug-likeness (QED) is 0.568. The third-order valence-corrected chi connectivity index (χ3v) is 8.35. The lowest BCUT2D eigenvalue weighted by Gasteiger charge is -2.50. The van der Waals surface area contributed by atoms with Crippen LogP contribution in [-0.2, 0) is 14.3 Å². The maximum Gasteiger partial charge on any atom is 0.407 e. The van der Waals surface area contributed by atoms with Gasteiger partial charge < -0.3 is 20.5 Å². The number of hydrogen-bond donors (Lipinski definition) is 2. The Hall–Kier alpha value is -3.26. The predicted octanol–water partition coefficient (Wildman–Crippen LogP) is 4.71. The normalized spacial score (nSPS) is 32.9. The number of alkyl carbamates (subject to hydrolysis) is 1. The molecule has 0 radical (unpaired) electrons. The highest BCUT2D eigenvalue weighted by Crippen LogP contribution is 2.54. The minimum absolute atomic E-state index is 0.00281. The number of rotatable bonds is 5. The maximum absolute atomic E-state index is 13.6. The first-order chi connectivity index (χ1) is 17.8. The fraction of sp³-hybridized carbons (Fsp3) is 0.483. The second-order valence-electron chi connectivity index (χ2n) is 10.6. The van der Waals surface area contributed by atoms with E-state index in [1.807, 2.05) is 31.2 Å². The number of ether oxygens (including phenoxy) is 2. The van der Waals surface area contributed by atoms with Gasteiger partial charge >= 0.3 is 12.1 Å². The Morgan fingerprint density at radius 3 is 2.86 bits per heavy atom. The van der Waals surface area contributed by atoms with Crippen LogP contribution in [0.1, 0.15) is 45.2 Å². The minimum atomic E-state index is -1.05. The Balaban J connectivity index is 1.37. The average molecular weight is 508 g/mol. The number of fused-ring (bicyclic) bond motifs is 2. The van der Waals surface area contributed by atoms with Gasteiger partial charge in [-0.15, -0.1) is 0 Å². The number of halogens is 1. The van der Waals surface area contributed by atoms with E-state index in [4.69, 9.17) is 15.2 Å². The maximum atomic E-state index is 13.6. The molecular weight excluding hydrogens is 473 g/mol. The average Bonchev–Trinajstić information content (AvgIpc) is 3.09. The summed E-state index contributed by atoms with van der Waals surface area (Å²) in [4.78, 5) is 29.4. The van der Waals surface area contributed by atoms with Crippen molar-refractivity contribution >= 4 is 18.1 Å². The monoisotopic (exact) mass is 507 g/mol. The zero-order valence-corrected chi connectivity index (χ0v) is 21.2. The third kappa shape index (κ3) is 4.99. The highest BCUT2D eigenvalue weighted by Gasteiger charge is 2.62. The molecule has 3 N–H and O–H groups in total. The van der Waals surface area contributed by atoms with Crippen LogP contribution in [0.15, 0.2) is 48.7 Å². The summed E-state index contributed by atoms with van der Waals surface area (Å²) in [6, 6.07) is 10.3. The van der Waals surface area contributed by atoms with Gasteiger partial charge in [0.2, 0.25) is 0 Å². The van der Waals surface area contributed by atoms with E-state index in [2.05, 4.69) is 16.4 Å². The Morgan fingerprint density at radius 2 is 2.14 bits per heavy atom. The molecule has 7 nitrogen and oxygen atoms in total. The first-order valence-electron chi connectivity index (χ1n) is 13.1. The molecule has 2 saturated carbocycles. The Bertz CT molecular complexity index is 1190. The van der Waals surface area contributed by atoms with E-state index in [0.717, 1.165) is 36.1 Å². The number of nitrogens with two attached hydrogens (primary N) is 1. The van der Waals surface area contributed by atoms with Gasteiger partial charge in [-0.3, -0.25) is 9.78 Å². The van der Waals surface area contributed by atoms with Crippen molar-refractivity contribution in [3.8, 4) is 11.1 Å². The first-order valence-corrected chi connectivity index (χ1v) is 13.1. The molecule has 37 heavy (non-hydrogen) atoms. The lowest BCUT2D eigenvalue weighted by Crippen LogP contribution is -2.61. The number of carbonyl (C=O) groups is 2. The van der Waals surface area contributed by atoms with E-state index in [1.165, 1.54) is 12.1 Å². The Labute approximate surface area is 216 Å². The van der Waals surface area contributed by atoms with Crippen molar-refractivity contribution in [2.45, 2.75) is 57.2 Å². The van der Waals surface area contributed by atoms with Gasteiger partial charge in [0.15, 0.2) is 0 Å². The summed E-state index contributed by atoms with van der Waals surface area (Å²) >= 11 is 0. The van der Waals surface area contributed by atoms with Crippen molar-refractivity contribution < 1.29 is 23.5 Å². The topological polar surface area (TPSA) is 104 Å². The molecule has 2 heterocycles. The largest absolute Gasteiger partial charge is 0.461 e. The number of cyclic esters (lactones) is 1. The van der Waals surface area contributed by atoms with Crippen LogP contribution >= 0.6 is 0 Å². The van der Waals surface area contributed by atoms with Gasteiger partial charge in [0.1, 0.15) is 17.5 Å². The SMILES string of the molecule is CCOC(=O)N[C@H]1CC[C@@H]2[C@@H](C1)C[C@@]1(N)C(=O)O[C@H](C)[C@H]1[C@H]2/C=C/c1ccc(-c2cccc(F)c2)cn1. The number of aromatic nitrogens is 1. The number of nitrogens with zero attached hydrogens (tertiary/aromatic N) is 1. The van der Waals surface area contributed by atoms with Crippen LogP contribution < -0.4 is 11.1 Å². The van der Waals surface area contributed by atoms with Gasteiger partial charge in [0.05, 0.1) is 12.3 Å². The standard InChI is InChI=1S/C29H34FN3O4/c1-3-36-28(35)33-23-10-11-24-20(14-23)15-29(31)26(17(2)37-27(29)34)25(24)12-9-22-8-7-19(16-32-22)18-5-4-6-21(30)13-18/h4-9,12-13,16-17,20,23-26H,3,10-11,14-15,31H2,1-2H3,(H,33,35)/b12-9+/t17-,20+,23+,24-,25+,26+,29+/m1/s1. The molecular formula is C29H34FN3O4. The summed E-state index contributed by atoms with van der Waals surface area (Å²) in [6.45, 7) is 4.04. The number of amides is 1. The Morgan fingerprint density at radius 1 is 1.30 bits per heavy atom. The van der Waals surface area contributed by atoms with E-state index in [9.17, 15) is 14.0 Å². The molecule has 1 aromatic heterocycles. The summed E-state index contributed by atoms with van der Waals surface area (Å²) in [6.07, 6.45) is 8.26. The number of esters is 1. The van der Waals surface area contributed by atoms with Gasteiger partial charge in [0, 0.05) is 23.7 Å². The number of benzene rings is 1. The van der Waals surface area contributed by atoms with E-state index in [-0.39, 0.29) is 41.7 Å². The Kier molecular flexibility index (Phi) is 7.03. The summed E-state index contributed by atoms with van der Waals surface area (Å²) in [5.41, 5.74) is 8.13. The van der Waals surface area contributed by atoms with Crippen LogP contribution in [-0.4, -0.2) is 41.3 Å². The van der Waals surface area contributed by atoms with Crippen molar-refractivity contribution in [2.24, 2.45) is 29.4 Å². The minimum Gasteiger partial charge on any atom is -0.461 e. The molecule has 1 saturated heterocycles. The molecule has 3 fully saturated rings. The summed E-state index contributed by atoms with van der Waals surface area (Å²) < 4.78 is 24.3.